The fraction of sp³-hybridized carbons (Fsp3) is 0.583. The molecule has 2 amide bonds. The summed E-state index contributed by atoms with van der Waals surface area (Å²) in [6, 6.07) is 0. The van der Waals surface area contributed by atoms with Crippen molar-refractivity contribution in [1.29, 1.82) is 0 Å². The third-order valence-electron chi connectivity index (χ3n) is 2.59. The first kappa shape index (κ1) is 15.7. The molecule has 0 aliphatic heterocycles. The number of rotatable bonds is 5. The Morgan fingerprint density at radius 3 is 2.47 bits per heavy atom. The molecule has 19 heavy (non-hydrogen) atoms. The van der Waals surface area contributed by atoms with E-state index in [9.17, 15) is 9.59 Å². The summed E-state index contributed by atoms with van der Waals surface area (Å²) in [5.74, 6) is -0.586. The molecule has 0 aliphatic rings. The number of carbonyl (C=O) groups excluding carboxylic acids is 2. The molecule has 0 fully saturated rings. The molecule has 1 aromatic rings. The Balaban J connectivity index is 2.87. The second-order valence-electron chi connectivity index (χ2n) is 5.44. The van der Waals surface area contributed by atoms with E-state index in [1.807, 2.05) is 13.8 Å². The second-order valence-corrected chi connectivity index (χ2v) is 6.23. The SMILES string of the molecule is CC(C)c1[nH]nc(C(=O)NC(C)(C)CC(N)=O)c1Br. The first-order valence-corrected chi connectivity index (χ1v) is 6.78. The number of aromatic nitrogens is 2. The van der Waals surface area contributed by atoms with Gasteiger partial charge in [0.25, 0.3) is 5.91 Å². The lowest BCUT2D eigenvalue weighted by molar-refractivity contribution is -0.119. The van der Waals surface area contributed by atoms with E-state index < -0.39 is 11.4 Å². The summed E-state index contributed by atoms with van der Waals surface area (Å²) in [5, 5.41) is 9.58. The predicted octanol–water partition coefficient (Wildman–Crippen LogP) is 1.68. The minimum Gasteiger partial charge on any atom is -0.370 e. The number of amides is 2. The van der Waals surface area contributed by atoms with Gasteiger partial charge in [-0.1, -0.05) is 13.8 Å². The van der Waals surface area contributed by atoms with Crippen LogP contribution in [0.1, 0.15) is 56.2 Å². The maximum absolute atomic E-state index is 12.1. The summed E-state index contributed by atoms with van der Waals surface area (Å²) < 4.78 is 0.648. The molecule has 1 heterocycles. The van der Waals surface area contributed by atoms with Crippen LogP contribution in [0, 0.1) is 0 Å². The number of hydrogen-bond acceptors (Lipinski definition) is 3. The van der Waals surface area contributed by atoms with Crippen molar-refractivity contribution in [2.75, 3.05) is 0 Å². The number of hydrogen-bond donors (Lipinski definition) is 3. The van der Waals surface area contributed by atoms with Crippen LogP contribution in [-0.2, 0) is 4.79 Å². The van der Waals surface area contributed by atoms with Crippen molar-refractivity contribution in [2.24, 2.45) is 5.73 Å². The number of aromatic amines is 1. The van der Waals surface area contributed by atoms with Gasteiger partial charge in [-0.15, -0.1) is 0 Å². The highest BCUT2D eigenvalue weighted by molar-refractivity contribution is 9.10. The van der Waals surface area contributed by atoms with E-state index in [0.29, 0.717) is 4.47 Å². The average Bonchev–Trinajstić information content (AvgIpc) is 2.56. The quantitative estimate of drug-likeness (QED) is 0.765. The maximum Gasteiger partial charge on any atom is 0.273 e. The van der Waals surface area contributed by atoms with Gasteiger partial charge in [-0.25, -0.2) is 0 Å². The molecule has 0 spiro atoms. The van der Waals surface area contributed by atoms with E-state index in [1.165, 1.54) is 0 Å². The molecule has 7 heteroatoms. The smallest absolute Gasteiger partial charge is 0.273 e. The molecule has 0 saturated carbocycles. The number of H-pyrrole nitrogens is 1. The van der Waals surface area contributed by atoms with Crippen LogP contribution in [-0.4, -0.2) is 27.6 Å². The number of nitrogens with two attached hydrogens (primary N) is 1. The Morgan fingerprint density at radius 2 is 2.05 bits per heavy atom. The third kappa shape index (κ3) is 4.05. The van der Waals surface area contributed by atoms with Gasteiger partial charge in [0.05, 0.1) is 10.2 Å². The van der Waals surface area contributed by atoms with Gasteiger partial charge in [0.1, 0.15) is 0 Å². The van der Waals surface area contributed by atoms with Gasteiger partial charge in [0.15, 0.2) is 5.69 Å². The molecule has 106 valence electrons. The average molecular weight is 331 g/mol. The first-order valence-electron chi connectivity index (χ1n) is 5.98. The van der Waals surface area contributed by atoms with Crippen LogP contribution in [0.3, 0.4) is 0 Å². The zero-order valence-corrected chi connectivity index (χ0v) is 13.1. The van der Waals surface area contributed by atoms with Crippen LogP contribution in [0.25, 0.3) is 0 Å². The van der Waals surface area contributed by atoms with Gasteiger partial charge in [-0.05, 0) is 35.7 Å². The molecular formula is C12H19BrN4O2. The summed E-state index contributed by atoms with van der Waals surface area (Å²) in [5.41, 5.74) is 5.57. The molecule has 1 aromatic heterocycles. The zero-order chi connectivity index (χ0) is 14.8. The summed E-state index contributed by atoms with van der Waals surface area (Å²) >= 11 is 3.36. The summed E-state index contributed by atoms with van der Waals surface area (Å²) in [4.78, 5) is 23.1. The minimum absolute atomic E-state index is 0.0673. The highest BCUT2D eigenvalue weighted by Crippen LogP contribution is 2.25. The van der Waals surface area contributed by atoms with Crippen LogP contribution in [0.4, 0.5) is 0 Å². The van der Waals surface area contributed by atoms with Gasteiger partial charge in [-0.2, -0.15) is 5.10 Å². The third-order valence-corrected chi connectivity index (χ3v) is 3.40. The van der Waals surface area contributed by atoms with Crippen molar-refractivity contribution >= 4 is 27.7 Å². The highest BCUT2D eigenvalue weighted by Gasteiger charge is 2.26. The first-order chi connectivity index (χ1) is 8.64. The lowest BCUT2D eigenvalue weighted by atomic mass is 10.00. The molecule has 0 saturated heterocycles. The number of nitrogens with one attached hydrogen (secondary N) is 2. The zero-order valence-electron chi connectivity index (χ0n) is 11.5. The molecule has 0 aliphatic carbocycles. The maximum atomic E-state index is 12.1. The number of halogens is 1. The van der Waals surface area contributed by atoms with Crippen molar-refractivity contribution in [2.45, 2.75) is 45.6 Å². The molecule has 0 atom stereocenters. The van der Waals surface area contributed by atoms with Crippen molar-refractivity contribution in [3.05, 3.63) is 15.9 Å². The van der Waals surface area contributed by atoms with E-state index in [1.54, 1.807) is 13.8 Å². The fourth-order valence-corrected chi connectivity index (χ4v) is 2.54. The predicted molar refractivity (Wildman–Crippen MR) is 75.7 cm³/mol. The van der Waals surface area contributed by atoms with Crippen molar-refractivity contribution in [3.8, 4) is 0 Å². The van der Waals surface area contributed by atoms with E-state index in [4.69, 9.17) is 5.73 Å². The standard InChI is InChI=1S/C12H19BrN4O2/c1-6(2)9-8(13)10(17-16-9)11(19)15-12(3,4)5-7(14)18/h6H,5H2,1-4H3,(H2,14,18)(H,15,19)(H,16,17). The summed E-state index contributed by atoms with van der Waals surface area (Å²) in [7, 11) is 0. The van der Waals surface area contributed by atoms with Crippen LogP contribution in [0.15, 0.2) is 4.47 Å². The molecule has 0 unspecified atom stereocenters. The van der Waals surface area contributed by atoms with Gasteiger partial charge >= 0.3 is 0 Å². The molecule has 1 rings (SSSR count). The van der Waals surface area contributed by atoms with Crippen LogP contribution >= 0.6 is 15.9 Å². The van der Waals surface area contributed by atoms with E-state index in [0.717, 1.165) is 5.69 Å². The van der Waals surface area contributed by atoms with E-state index >= 15 is 0 Å². The van der Waals surface area contributed by atoms with Crippen molar-refractivity contribution < 1.29 is 9.59 Å². The number of carbonyl (C=O) groups is 2. The Bertz CT molecular complexity index is 494. The van der Waals surface area contributed by atoms with E-state index in [-0.39, 0.29) is 23.9 Å². The Kier molecular flexibility index (Phi) is 4.73. The number of nitrogens with zero attached hydrogens (tertiary/aromatic N) is 1. The lowest BCUT2D eigenvalue weighted by Gasteiger charge is -2.24. The normalized spacial score (nSPS) is 11.7. The summed E-state index contributed by atoms with van der Waals surface area (Å²) in [6.07, 6.45) is 0.0673. The van der Waals surface area contributed by atoms with Gasteiger partial charge in [-0.3, -0.25) is 14.7 Å². The van der Waals surface area contributed by atoms with Crippen molar-refractivity contribution in [1.82, 2.24) is 15.5 Å². The van der Waals surface area contributed by atoms with Crippen molar-refractivity contribution in [3.63, 3.8) is 0 Å². The van der Waals surface area contributed by atoms with E-state index in [2.05, 4.69) is 31.4 Å². The summed E-state index contributed by atoms with van der Waals surface area (Å²) in [6.45, 7) is 7.47. The van der Waals surface area contributed by atoms with Crippen LogP contribution in [0.2, 0.25) is 0 Å². The minimum atomic E-state index is -0.709. The molecule has 6 nitrogen and oxygen atoms in total. The van der Waals surface area contributed by atoms with Gasteiger partial charge in [0, 0.05) is 12.0 Å². The molecular weight excluding hydrogens is 312 g/mol. The second kappa shape index (κ2) is 5.73. The fourth-order valence-electron chi connectivity index (χ4n) is 1.72. The largest absolute Gasteiger partial charge is 0.370 e. The highest BCUT2D eigenvalue weighted by atomic mass is 79.9. The molecule has 4 N–H and O–H groups in total. The number of primary amides is 1. The van der Waals surface area contributed by atoms with Gasteiger partial charge < -0.3 is 11.1 Å². The van der Waals surface area contributed by atoms with Gasteiger partial charge in [0.2, 0.25) is 5.91 Å². The Labute approximate surface area is 120 Å². The van der Waals surface area contributed by atoms with Crippen LogP contribution in [0.5, 0.6) is 0 Å². The Morgan fingerprint density at radius 1 is 1.47 bits per heavy atom. The topological polar surface area (TPSA) is 101 Å². The lowest BCUT2D eigenvalue weighted by Crippen LogP contribution is -2.46. The molecule has 0 aromatic carbocycles. The molecule has 0 bridgehead atoms. The monoisotopic (exact) mass is 330 g/mol. The Hall–Kier alpha value is -1.37. The molecule has 0 radical (unpaired) electrons. The van der Waals surface area contributed by atoms with Crippen LogP contribution < -0.4 is 11.1 Å².